The number of benzene rings is 2. The molecule has 2 atom stereocenters. The van der Waals surface area contributed by atoms with Gasteiger partial charge in [0, 0.05) is 6.04 Å². The number of carbonyl (C=O) groups is 1. The maximum Gasteiger partial charge on any atom is 0.341 e. The average molecular weight is 424 g/mol. The molecule has 0 aliphatic carbocycles. The minimum atomic E-state index is -1.02. The summed E-state index contributed by atoms with van der Waals surface area (Å²) in [7, 11) is 0. The molecule has 0 radical (unpaired) electrons. The van der Waals surface area contributed by atoms with Crippen LogP contribution in [0.1, 0.15) is 24.2 Å². The van der Waals surface area contributed by atoms with E-state index in [-0.39, 0.29) is 18.4 Å². The van der Waals surface area contributed by atoms with Crippen LogP contribution in [0.4, 0.5) is 0 Å². The normalized spacial score (nSPS) is 13.2. The van der Waals surface area contributed by atoms with E-state index in [1.54, 1.807) is 30.3 Å². The first-order chi connectivity index (χ1) is 12.4. The van der Waals surface area contributed by atoms with E-state index in [4.69, 9.17) is 9.84 Å². The fourth-order valence-corrected chi connectivity index (χ4v) is 3.01. The lowest BCUT2D eigenvalue weighted by Gasteiger charge is -2.21. The second-order valence-electron chi connectivity index (χ2n) is 5.98. The number of nitrogens with one attached hydrogen (secondary N) is 1. The molecule has 7 heteroatoms. The summed E-state index contributed by atoms with van der Waals surface area (Å²) < 4.78 is 5.87. The number of carboxylic acids is 1. The molecule has 0 amide bonds. The monoisotopic (exact) mass is 423 g/mol. The number of carboxylic acid groups (broad SMARTS) is 1. The molecule has 2 unspecified atom stereocenters. The lowest BCUT2D eigenvalue weighted by molar-refractivity contribution is -0.139. The molecule has 2 aromatic carbocycles. The van der Waals surface area contributed by atoms with Gasteiger partial charge in [0.15, 0.2) is 6.61 Å². The second kappa shape index (κ2) is 9.56. The average Bonchev–Trinajstić information content (AvgIpc) is 2.60. The highest BCUT2D eigenvalue weighted by Gasteiger charge is 2.15. The van der Waals surface area contributed by atoms with Crippen LogP contribution in [0.3, 0.4) is 0 Å². The summed E-state index contributed by atoms with van der Waals surface area (Å²) in [6.45, 7) is 2.18. The highest BCUT2D eigenvalue weighted by Crippen LogP contribution is 2.26. The number of aliphatic carboxylic acids is 1. The lowest BCUT2D eigenvalue weighted by Crippen LogP contribution is -2.33. The van der Waals surface area contributed by atoms with Gasteiger partial charge in [-0.05, 0) is 71.2 Å². The summed E-state index contributed by atoms with van der Waals surface area (Å²) in [6, 6.07) is 11.9. The molecule has 0 aliphatic heterocycles. The van der Waals surface area contributed by atoms with E-state index in [9.17, 15) is 15.0 Å². The van der Waals surface area contributed by atoms with Crippen molar-refractivity contribution in [1.29, 1.82) is 0 Å². The third-order valence-corrected chi connectivity index (χ3v) is 4.56. The molecule has 0 saturated carbocycles. The van der Waals surface area contributed by atoms with Crippen LogP contribution in [0.2, 0.25) is 0 Å². The summed E-state index contributed by atoms with van der Waals surface area (Å²) in [5.41, 5.74) is 1.80. The van der Waals surface area contributed by atoms with Crippen molar-refractivity contribution in [3.05, 3.63) is 58.1 Å². The van der Waals surface area contributed by atoms with Crippen LogP contribution in [0.5, 0.6) is 11.5 Å². The first-order valence-electron chi connectivity index (χ1n) is 8.20. The smallest absolute Gasteiger partial charge is 0.341 e. The first kappa shape index (κ1) is 20.2. The maximum atomic E-state index is 10.5. The molecule has 0 spiro atoms. The maximum absolute atomic E-state index is 10.5. The molecule has 2 rings (SSSR count). The number of hydrogen-bond acceptors (Lipinski definition) is 5. The number of aliphatic hydroxyl groups excluding tert-OH is 1. The van der Waals surface area contributed by atoms with Crippen LogP contribution in [0.25, 0.3) is 0 Å². The van der Waals surface area contributed by atoms with Gasteiger partial charge < -0.3 is 25.4 Å². The Hall–Kier alpha value is -2.09. The molecule has 6 nitrogen and oxygen atoms in total. The van der Waals surface area contributed by atoms with Crippen molar-refractivity contribution < 1.29 is 24.9 Å². The van der Waals surface area contributed by atoms with Gasteiger partial charge in [-0.3, -0.25) is 0 Å². The van der Waals surface area contributed by atoms with Gasteiger partial charge in [-0.1, -0.05) is 18.2 Å². The standard InChI is InChI=1S/C19H22BrNO5/c1-12(19(25)14-3-5-15(22)6-4-14)21-9-8-13-2-7-17(16(20)10-13)26-11-18(23)24/h2-7,10,12,19,21-22,25H,8-9,11H2,1H3,(H,23,24). The minimum absolute atomic E-state index is 0.152. The van der Waals surface area contributed by atoms with Gasteiger partial charge in [0.25, 0.3) is 0 Å². The lowest BCUT2D eigenvalue weighted by atomic mass is 10.0. The first-order valence-corrected chi connectivity index (χ1v) is 8.99. The molecule has 0 aromatic heterocycles. The molecular weight excluding hydrogens is 402 g/mol. The van der Waals surface area contributed by atoms with E-state index in [2.05, 4.69) is 21.2 Å². The van der Waals surface area contributed by atoms with E-state index in [0.29, 0.717) is 16.8 Å². The van der Waals surface area contributed by atoms with Gasteiger partial charge >= 0.3 is 5.97 Å². The number of ether oxygens (including phenoxy) is 1. The van der Waals surface area contributed by atoms with Crippen LogP contribution in [0, 0.1) is 0 Å². The zero-order valence-corrected chi connectivity index (χ0v) is 15.9. The van der Waals surface area contributed by atoms with Crippen molar-refractivity contribution in [1.82, 2.24) is 5.32 Å². The van der Waals surface area contributed by atoms with Crippen LogP contribution in [0.15, 0.2) is 46.9 Å². The van der Waals surface area contributed by atoms with Crippen molar-refractivity contribution in [2.24, 2.45) is 0 Å². The van der Waals surface area contributed by atoms with Crippen molar-refractivity contribution in [2.45, 2.75) is 25.5 Å². The fourth-order valence-electron chi connectivity index (χ4n) is 2.47. The number of aliphatic hydroxyl groups is 1. The van der Waals surface area contributed by atoms with Gasteiger partial charge in [-0.15, -0.1) is 0 Å². The van der Waals surface area contributed by atoms with Crippen LogP contribution < -0.4 is 10.1 Å². The Labute approximate surface area is 160 Å². The number of phenols is 1. The third kappa shape index (κ3) is 6.01. The van der Waals surface area contributed by atoms with Crippen molar-refractivity contribution >= 4 is 21.9 Å². The number of rotatable bonds is 9. The molecule has 0 aliphatic rings. The van der Waals surface area contributed by atoms with Gasteiger partial charge in [0.05, 0.1) is 10.6 Å². The molecule has 26 heavy (non-hydrogen) atoms. The Morgan fingerprint density at radius 3 is 2.54 bits per heavy atom. The zero-order chi connectivity index (χ0) is 19.1. The molecule has 4 N–H and O–H groups in total. The van der Waals surface area contributed by atoms with Gasteiger partial charge in [-0.25, -0.2) is 4.79 Å². The summed E-state index contributed by atoms with van der Waals surface area (Å²) in [6.07, 6.45) is 0.0684. The Kier molecular flexibility index (Phi) is 7.44. The van der Waals surface area contributed by atoms with E-state index in [1.807, 2.05) is 19.1 Å². The Morgan fingerprint density at radius 1 is 1.23 bits per heavy atom. The molecule has 0 saturated heterocycles. The van der Waals surface area contributed by atoms with E-state index >= 15 is 0 Å². The largest absolute Gasteiger partial charge is 0.508 e. The molecule has 140 valence electrons. The van der Waals surface area contributed by atoms with Crippen molar-refractivity contribution in [3.63, 3.8) is 0 Å². The summed E-state index contributed by atoms with van der Waals surface area (Å²) in [4.78, 5) is 10.5. The summed E-state index contributed by atoms with van der Waals surface area (Å²) in [5.74, 6) is -0.366. The van der Waals surface area contributed by atoms with Crippen LogP contribution in [-0.4, -0.2) is 40.5 Å². The Morgan fingerprint density at radius 2 is 1.92 bits per heavy atom. The van der Waals surface area contributed by atoms with Crippen LogP contribution in [-0.2, 0) is 11.2 Å². The van der Waals surface area contributed by atoms with E-state index in [1.165, 1.54) is 0 Å². The quantitative estimate of drug-likeness (QED) is 0.494. The SMILES string of the molecule is CC(NCCc1ccc(OCC(=O)O)c(Br)c1)C(O)c1ccc(O)cc1. The summed E-state index contributed by atoms with van der Waals surface area (Å²) in [5, 5.41) is 31.6. The molecule has 2 aromatic rings. The number of aromatic hydroxyl groups is 1. The molecule has 0 heterocycles. The predicted molar refractivity (Wildman–Crippen MR) is 102 cm³/mol. The van der Waals surface area contributed by atoms with Crippen LogP contribution >= 0.6 is 15.9 Å². The van der Waals surface area contributed by atoms with Gasteiger partial charge in [0.1, 0.15) is 11.5 Å². The van der Waals surface area contributed by atoms with Gasteiger partial charge in [-0.2, -0.15) is 0 Å². The zero-order valence-electron chi connectivity index (χ0n) is 14.4. The van der Waals surface area contributed by atoms with Crippen molar-refractivity contribution in [3.8, 4) is 11.5 Å². The fraction of sp³-hybridized carbons (Fsp3) is 0.316. The molecule has 0 fully saturated rings. The van der Waals surface area contributed by atoms with E-state index < -0.39 is 12.1 Å². The number of hydrogen-bond donors (Lipinski definition) is 4. The summed E-state index contributed by atoms with van der Waals surface area (Å²) >= 11 is 3.38. The second-order valence-corrected chi connectivity index (χ2v) is 6.83. The molecular formula is C19H22BrNO5. The third-order valence-electron chi connectivity index (χ3n) is 3.94. The topological polar surface area (TPSA) is 99.0 Å². The van der Waals surface area contributed by atoms with E-state index in [0.717, 1.165) is 17.5 Å². The Bertz CT molecular complexity index is 735. The number of phenolic OH excluding ortho intramolecular Hbond substituents is 1. The van der Waals surface area contributed by atoms with Gasteiger partial charge in [0.2, 0.25) is 0 Å². The Balaban J connectivity index is 1.83. The van der Waals surface area contributed by atoms with Crippen molar-refractivity contribution in [2.75, 3.05) is 13.2 Å². The highest BCUT2D eigenvalue weighted by molar-refractivity contribution is 9.10. The molecule has 0 bridgehead atoms. The number of halogens is 1. The highest BCUT2D eigenvalue weighted by atomic mass is 79.9. The predicted octanol–water partition coefficient (Wildman–Crippen LogP) is 2.87. The minimum Gasteiger partial charge on any atom is -0.508 e.